The minimum Gasteiger partial charge on any atom is -0.399 e. The molecule has 1 aromatic carbocycles. The molecule has 0 aliphatic rings. The monoisotopic (exact) mass is 260 g/mol. The number of hydrogen-bond donors (Lipinski definition) is 2. The number of rotatable bonds is 4. The Morgan fingerprint density at radius 2 is 2.16 bits per heavy atom. The molecule has 3 N–H and O–H groups in total. The van der Waals surface area contributed by atoms with Crippen molar-refractivity contribution in [2.45, 2.75) is 6.42 Å². The average molecular weight is 260 g/mol. The molecule has 0 spiro atoms. The lowest BCUT2D eigenvalue weighted by Gasteiger charge is -2.10. The van der Waals surface area contributed by atoms with E-state index in [1.807, 2.05) is 38.4 Å². The van der Waals surface area contributed by atoms with Crippen LogP contribution in [0.15, 0.2) is 30.5 Å². The van der Waals surface area contributed by atoms with E-state index >= 15 is 0 Å². The van der Waals surface area contributed by atoms with Crippen LogP contribution < -0.4 is 11.1 Å². The molecule has 0 saturated heterocycles. The van der Waals surface area contributed by atoms with Crippen molar-refractivity contribution in [3.05, 3.63) is 30.5 Å². The molecule has 0 atom stereocenters. The minimum atomic E-state index is -0.112. The van der Waals surface area contributed by atoms with Crippen molar-refractivity contribution in [1.82, 2.24) is 14.8 Å². The number of anilines is 1. The Bertz CT molecular complexity index is 574. The van der Waals surface area contributed by atoms with E-state index < -0.39 is 0 Å². The Morgan fingerprint density at radius 1 is 1.37 bits per heavy atom. The number of nitrogens with one attached hydrogen (secondary N) is 1. The molecule has 0 saturated carbocycles. The van der Waals surface area contributed by atoms with Crippen LogP contribution in [0.4, 0.5) is 10.5 Å². The van der Waals surface area contributed by atoms with Gasteiger partial charge < -0.3 is 16.0 Å². The fourth-order valence-corrected chi connectivity index (χ4v) is 2.00. The fourth-order valence-electron chi connectivity index (χ4n) is 2.00. The van der Waals surface area contributed by atoms with Crippen LogP contribution in [-0.4, -0.2) is 42.7 Å². The third-order valence-electron chi connectivity index (χ3n) is 2.99. The molecule has 19 heavy (non-hydrogen) atoms. The summed E-state index contributed by atoms with van der Waals surface area (Å²) in [6, 6.07) is 7.37. The molecule has 0 radical (unpaired) electrons. The highest BCUT2D eigenvalue weighted by molar-refractivity contribution is 5.92. The smallest absolute Gasteiger partial charge is 0.326 e. The van der Waals surface area contributed by atoms with Crippen molar-refractivity contribution < 1.29 is 4.79 Å². The fraction of sp³-hybridized carbons (Fsp3) is 0.357. The average Bonchev–Trinajstić information content (AvgIpc) is 2.77. The largest absolute Gasteiger partial charge is 0.399 e. The van der Waals surface area contributed by atoms with Crippen LogP contribution in [0.5, 0.6) is 0 Å². The van der Waals surface area contributed by atoms with Crippen molar-refractivity contribution in [3.63, 3.8) is 0 Å². The highest BCUT2D eigenvalue weighted by Crippen LogP contribution is 2.18. The van der Waals surface area contributed by atoms with Crippen LogP contribution in [0.25, 0.3) is 10.9 Å². The van der Waals surface area contributed by atoms with Gasteiger partial charge in [0, 0.05) is 23.8 Å². The van der Waals surface area contributed by atoms with E-state index in [1.54, 1.807) is 10.8 Å². The quantitative estimate of drug-likeness (QED) is 0.650. The maximum atomic E-state index is 12.1. The van der Waals surface area contributed by atoms with Gasteiger partial charge in [-0.2, -0.15) is 0 Å². The van der Waals surface area contributed by atoms with Gasteiger partial charge in [0.1, 0.15) is 0 Å². The van der Waals surface area contributed by atoms with Crippen molar-refractivity contribution in [2.75, 3.05) is 32.9 Å². The van der Waals surface area contributed by atoms with E-state index in [1.165, 1.54) is 0 Å². The van der Waals surface area contributed by atoms with E-state index in [4.69, 9.17) is 5.73 Å². The minimum absolute atomic E-state index is 0.112. The predicted molar refractivity (Wildman–Crippen MR) is 78.3 cm³/mol. The Kier molecular flexibility index (Phi) is 4.06. The Labute approximate surface area is 113 Å². The van der Waals surface area contributed by atoms with Crippen LogP contribution in [-0.2, 0) is 0 Å². The number of nitrogens with zero attached hydrogens (tertiary/aromatic N) is 2. The Hall–Kier alpha value is -2.01. The molecular weight excluding hydrogens is 240 g/mol. The van der Waals surface area contributed by atoms with Gasteiger partial charge in [0.05, 0.1) is 5.52 Å². The normalized spacial score (nSPS) is 11.1. The van der Waals surface area contributed by atoms with Gasteiger partial charge in [-0.05, 0) is 45.3 Å². The second kappa shape index (κ2) is 5.75. The topological polar surface area (TPSA) is 63.3 Å². The number of amides is 1. The van der Waals surface area contributed by atoms with Crippen LogP contribution in [0, 0.1) is 0 Å². The summed E-state index contributed by atoms with van der Waals surface area (Å²) in [5.74, 6) is 0. The zero-order chi connectivity index (χ0) is 13.8. The van der Waals surface area contributed by atoms with Gasteiger partial charge in [0.15, 0.2) is 0 Å². The summed E-state index contributed by atoms with van der Waals surface area (Å²) in [5.41, 5.74) is 7.25. The molecular formula is C14H20N4O. The third-order valence-corrected chi connectivity index (χ3v) is 2.99. The lowest BCUT2D eigenvalue weighted by Crippen LogP contribution is -2.30. The zero-order valence-corrected chi connectivity index (χ0v) is 11.4. The molecule has 0 unspecified atom stereocenters. The molecule has 1 aromatic heterocycles. The van der Waals surface area contributed by atoms with E-state index in [9.17, 15) is 4.79 Å². The highest BCUT2D eigenvalue weighted by Gasteiger charge is 2.08. The van der Waals surface area contributed by atoms with Gasteiger partial charge in [-0.3, -0.25) is 4.57 Å². The van der Waals surface area contributed by atoms with Gasteiger partial charge >= 0.3 is 6.03 Å². The maximum Gasteiger partial charge on any atom is 0.326 e. The van der Waals surface area contributed by atoms with Gasteiger partial charge in [-0.25, -0.2) is 4.79 Å². The first-order valence-corrected chi connectivity index (χ1v) is 6.37. The number of fused-ring (bicyclic) bond motifs is 1. The summed E-state index contributed by atoms with van der Waals surface area (Å²) >= 11 is 0. The third kappa shape index (κ3) is 3.26. The first-order valence-electron chi connectivity index (χ1n) is 6.37. The maximum absolute atomic E-state index is 12.1. The first kappa shape index (κ1) is 13.4. The Balaban J connectivity index is 2.03. The zero-order valence-electron chi connectivity index (χ0n) is 11.4. The molecule has 2 aromatic rings. The molecule has 2 rings (SSSR count). The van der Waals surface area contributed by atoms with Crippen LogP contribution in [0.1, 0.15) is 6.42 Å². The first-order chi connectivity index (χ1) is 9.08. The summed E-state index contributed by atoms with van der Waals surface area (Å²) in [7, 11) is 4.04. The second-order valence-electron chi connectivity index (χ2n) is 4.89. The number of nitrogens with two attached hydrogens (primary N) is 1. The number of nitrogen functional groups attached to an aromatic ring is 1. The van der Waals surface area contributed by atoms with E-state index in [0.717, 1.165) is 23.9 Å². The number of benzene rings is 1. The predicted octanol–water partition coefficient (Wildman–Crippen LogP) is 1.73. The van der Waals surface area contributed by atoms with E-state index in [0.29, 0.717) is 12.2 Å². The summed E-state index contributed by atoms with van der Waals surface area (Å²) in [5, 5.41) is 3.92. The number of carbonyl (C=O) groups is 1. The van der Waals surface area contributed by atoms with Crippen LogP contribution >= 0.6 is 0 Å². The molecule has 0 fully saturated rings. The van der Waals surface area contributed by atoms with E-state index in [2.05, 4.69) is 10.2 Å². The van der Waals surface area contributed by atoms with Crippen molar-refractivity contribution in [3.8, 4) is 0 Å². The molecule has 5 heteroatoms. The molecule has 0 bridgehead atoms. The number of hydrogen-bond acceptors (Lipinski definition) is 3. The standard InChI is InChI=1S/C14H20N4O/c1-17(2)8-3-7-16-14(19)18-9-6-11-4-5-12(15)10-13(11)18/h4-6,9-10H,3,7-8,15H2,1-2H3,(H,16,19). The lowest BCUT2D eigenvalue weighted by atomic mass is 10.2. The molecule has 1 heterocycles. The van der Waals surface area contributed by atoms with Gasteiger partial charge in [-0.15, -0.1) is 0 Å². The molecule has 1 amide bonds. The van der Waals surface area contributed by atoms with Crippen LogP contribution in [0.3, 0.4) is 0 Å². The Morgan fingerprint density at radius 3 is 2.89 bits per heavy atom. The van der Waals surface area contributed by atoms with E-state index in [-0.39, 0.29) is 6.03 Å². The number of carbonyl (C=O) groups excluding carboxylic acids is 1. The summed E-state index contributed by atoms with van der Waals surface area (Å²) < 4.78 is 1.60. The number of aromatic nitrogens is 1. The van der Waals surface area contributed by atoms with Crippen molar-refractivity contribution in [1.29, 1.82) is 0 Å². The summed E-state index contributed by atoms with van der Waals surface area (Å²) in [6.45, 7) is 1.62. The van der Waals surface area contributed by atoms with Crippen LogP contribution in [0.2, 0.25) is 0 Å². The van der Waals surface area contributed by atoms with Crippen molar-refractivity contribution in [2.24, 2.45) is 0 Å². The summed E-state index contributed by atoms with van der Waals surface area (Å²) in [6.07, 6.45) is 2.70. The molecule has 0 aliphatic heterocycles. The van der Waals surface area contributed by atoms with Gasteiger partial charge in [-0.1, -0.05) is 6.07 Å². The summed E-state index contributed by atoms with van der Waals surface area (Å²) in [4.78, 5) is 14.2. The molecule has 102 valence electrons. The second-order valence-corrected chi connectivity index (χ2v) is 4.89. The molecule has 5 nitrogen and oxygen atoms in total. The van der Waals surface area contributed by atoms with Crippen molar-refractivity contribution >= 4 is 22.6 Å². The van der Waals surface area contributed by atoms with Gasteiger partial charge in [0.2, 0.25) is 0 Å². The van der Waals surface area contributed by atoms with Gasteiger partial charge in [0.25, 0.3) is 0 Å². The lowest BCUT2D eigenvalue weighted by molar-refractivity contribution is 0.242. The SMILES string of the molecule is CN(C)CCCNC(=O)n1ccc2ccc(N)cc21. The molecule has 0 aliphatic carbocycles. The highest BCUT2D eigenvalue weighted by atomic mass is 16.2.